The zero-order valence-electron chi connectivity index (χ0n) is 23.6. The van der Waals surface area contributed by atoms with Crippen LogP contribution in [0.4, 0.5) is 0 Å². The Morgan fingerprint density at radius 3 is 2.03 bits per heavy atom. The Balaban J connectivity index is 0.00000324. The molecule has 0 aromatic rings. The monoisotopic (exact) mass is 769 g/mol. The minimum absolute atomic E-state index is 0. The summed E-state index contributed by atoms with van der Waals surface area (Å²) >= 11 is 0. The second-order valence-electron chi connectivity index (χ2n) is 10.9. The van der Waals surface area contributed by atoms with Gasteiger partial charge in [-0.05, 0) is 54.8 Å². The molecular weight excluding hydrogens is 719 g/mol. The summed E-state index contributed by atoms with van der Waals surface area (Å²) in [5.74, 6) is 1.87. The van der Waals surface area contributed by atoms with Gasteiger partial charge in [0.1, 0.15) is 10.5 Å². The molecule has 3 aliphatic rings. The third-order valence-corrected chi connectivity index (χ3v) is 10.2. The van der Waals surface area contributed by atoms with E-state index in [4.69, 9.17) is 20.7 Å². The molecule has 3 rings (SSSR count). The molecule has 14 atom stereocenters. The van der Waals surface area contributed by atoms with Crippen LogP contribution in [0.1, 0.15) is 60.8 Å². The van der Waals surface area contributed by atoms with Crippen LogP contribution in [0.25, 0.3) is 0 Å². The van der Waals surface area contributed by atoms with E-state index in [1.165, 1.54) is 0 Å². The van der Waals surface area contributed by atoms with Crippen molar-refractivity contribution in [3.05, 3.63) is 0 Å². The average molecular weight is 769 g/mol. The average Bonchev–Trinajstić information content (AvgIpc) is 3.27. The zero-order valence-corrected chi connectivity index (χ0v) is 29.1. The Bertz CT molecular complexity index is 730. The van der Waals surface area contributed by atoms with Crippen molar-refractivity contribution in [1.82, 2.24) is 0 Å². The largest absolute Gasteiger partial charge is 0.392 e. The van der Waals surface area contributed by atoms with E-state index in [2.05, 4.69) is 47.8 Å². The summed E-state index contributed by atoms with van der Waals surface area (Å²) in [5, 5.41) is 20.7. The second-order valence-corrected chi connectivity index (χ2v) is 12.7. The van der Waals surface area contributed by atoms with Gasteiger partial charge >= 0.3 is 0 Å². The molecule has 6 nitrogen and oxygen atoms in total. The smallest absolute Gasteiger partial charge is 0.155 e. The summed E-state index contributed by atoms with van der Waals surface area (Å²) in [6, 6.07) is 0. The molecule has 10 heteroatoms. The van der Waals surface area contributed by atoms with E-state index < -0.39 is 29.1 Å². The van der Waals surface area contributed by atoms with Crippen molar-refractivity contribution in [3.8, 4) is 0 Å². The van der Waals surface area contributed by atoms with Crippen molar-refractivity contribution < 1.29 is 82.1 Å². The summed E-state index contributed by atoms with van der Waals surface area (Å²) in [6.45, 7) is 13.3. The molecule has 0 saturated heterocycles. The van der Waals surface area contributed by atoms with Crippen molar-refractivity contribution in [2.75, 3.05) is 13.2 Å². The number of rotatable bonds is 10. The molecule has 2 N–H and O–H groups in total. The first kappa shape index (κ1) is 30.8. The molecule has 1 radical (unpaired) electrons. The molecular formula is C24H46O6P2WY. The van der Waals surface area contributed by atoms with Gasteiger partial charge in [0.15, 0.2) is 8.98 Å². The van der Waals surface area contributed by atoms with Gasteiger partial charge in [0.05, 0.1) is 37.6 Å². The first-order chi connectivity index (χ1) is 15.8. The van der Waals surface area contributed by atoms with E-state index in [-0.39, 0.29) is 95.6 Å². The summed E-state index contributed by atoms with van der Waals surface area (Å²) in [4.78, 5) is 0. The predicted octanol–water partition coefficient (Wildman–Crippen LogP) is 4.75. The minimum atomic E-state index is -3.08. The Hall–Kier alpha value is 2.28. The predicted molar refractivity (Wildman–Crippen MR) is 133 cm³/mol. The van der Waals surface area contributed by atoms with Gasteiger partial charge in [-0.25, -0.2) is 0 Å². The van der Waals surface area contributed by atoms with Crippen LogP contribution < -0.4 is 0 Å². The Kier molecular flexibility index (Phi) is 14.3. The van der Waals surface area contributed by atoms with Crippen LogP contribution in [0, 0.1) is 47.3 Å². The van der Waals surface area contributed by atoms with Crippen LogP contribution in [-0.2, 0) is 71.9 Å². The summed E-state index contributed by atoms with van der Waals surface area (Å²) in [5.41, 5.74) is 0. The minimum Gasteiger partial charge on any atom is -0.392 e. The van der Waals surface area contributed by atoms with E-state index in [9.17, 15) is 10.2 Å². The number of aliphatic hydroxyl groups excluding tert-OH is 2. The summed E-state index contributed by atoms with van der Waals surface area (Å²) in [6.07, 6.45) is 4.87. The van der Waals surface area contributed by atoms with Gasteiger partial charge in [-0.3, -0.25) is 0 Å². The number of aliphatic hydroxyl groups is 2. The molecule has 3 saturated carbocycles. The van der Waals surface area contributed by atoms with Crippen LogP contribution >= 0.6 is 16.9 Å². The van der Waals surface area contributed by atoms with Crippen LogP contribution in [0.2, 0.25) is 0 Å². The van der Waals surface area contributed by atoms with E-state index in [0.29, 0.717) is 37.4 Å². The molecule has 0 heterocycles. The Labute approximate surface area is 252 Å². The van der Waals surface area contributed by atoms with Gasteiger partial charge in [0.25, 0.3) is 0 Å². The van der Waals surface area contributed by atoms with E-state index in [1.54, 1.807) is 0 Å². The topological polar surface area (TPSA) is 77.4 Å². The molecule has 3 fully saturated rings. The maximum atomic E-state index is 10.4. The maximum absolute atomic E-state index is 10.4. The van der Waals surface area contributed by atoms with Gasteiger partial charge in [0.2, 0.25) is 0 Å². The normalized spacial score (nSPS) is 47.8. The van der Waals surface area contributed by atoms with Crippen LogP contribution in [0.5, 0.6) is 0 Å². The molecule has 0 amide bonds. The summed E-state index contributed by atoms with van der Waals surface area (Å²) in [7, 11) is -4.94. The van der Waals surface area contributed by atoms with E-state index in [0.717, 1.165) is 12.8 Å². The van der Waals surface area contributed by atoms with Gasteiger partial charge in [-0.1, -0.05) is 47.8 Å². The maximum Gasteiger partial charge on any atom is 0.155 e. The third-order valence-electron chi connectivity index (χ3n) is 8.73. The van der Waals surface area contributed by atoms with Crippen LogP contribution in [-0.4, -0.2) is 56.7 Å². The van der Waals surface area contributed by atoms with Crippen molar-refractivity contribution in [1.29, 1.82) is 2.56 Å². The molecule has 34 heavy (non-hydrogen) atoms. The molecule has 0 bridgehead atoms. The van der Waals surface area contributed by atoms with Crippen LogP contribution in [0.3, 0.4) is 0 Å². The first-order valence-corrected chi connectivity index (χ1v) is 14.4. The fraction of sp³-hybridized carbons (Fsp3) is 0.958. The van der Waals surface area contributed by atoms with E-state index in [1.807, 2.05) is 0 Å². The van der Waals surface area contributed by atoms with Crippen molar-refractivity contribution in [2.24, 2.45) is 47.3 Å². The molecule has 14 unspecified atom stereocenters. The van der Waals surface area contributed by atoms with E-state index >= 15 is 0 Å². The summed E-state index contributed by atoms with van der Waals surface area (Å²) < 4.78 is 40.6. The SMILES string of the molecule is [3H]P(OCC1CC(C)C(C)C1OP([3H])(=C)OCC1CC(C)C(C)C1O)OC1C(O)CC(C)C1C.[W].[Y]. The zero-order chi connectivity index (χ0) is 25.4. The second kappa shape index (κ2) is 15.8. The molecule has 3 aliphatic carbocycles. The molecule has 0 spiro atoms. The number of hydrogen-bond donors (Lipinski definition) is 2. The third kappa shape index (κ3) is 8.64. The molecule has 197 valence electrons. The Morgan fingerprint density at radius 1 is 0.912 bits per heavy atom. The van der Waals surface area contributed by atoms with Gasteiger partial charge in [0, 0.05) is 65.6 Å². The van der Waals surface area contributed by atoms with Crippen molar-refractivity contribution in [2.45, 2.75) is 85.2 Å². The van der Waals surface area contributed by atoms with Gasteiger partial charge in [-0.15, -0.1) is 0 Å². The van der Waals surface area contributed by atoms with Crippen LogP contribution in [0.15, 0.2) is 0 Å². The van der Waals surface area contributed by atoms with Crippen molar-refractivity contribution in [3.63, 3.8) is 0 Å². The first-order valence-electron chi connectivity index (χ1n) is 13.2. The number of hydrogen-bond acceptors (Lipinski definition) is 6. The van der Waals surface area contributed by atoms with Crippen molar-refractivity contribution >= 4 is 23.2 Å². The fourth-order valence-electron chi connectivity index (χ4n) is 5.81. The van der Waals surface area contributed by atoms with Gasteiger partial charge < -0.3 is 28.3 Å². The van der Waals surface area contributed by atoms with Gasteiger partial charge in [-0.2, -0.15) is 0 Å². The molecule has 0 aromatic carbocycles. The quantitative estimate of drug-likeness (QED) is 0.313. The Morgan fingerprint density at radius 2 is 1.47 bits per heavy atom. The molecule has 0 aromatic heterocycles. The fourth-order valence-corrected chi connectivity index (χ4v) is 7.61. The molecule has 0 aliphatic heterocycles. The standard InChI is InChI=1S/C24H46O6P2.W.Y/c1-13-8-19(22(26)16(13)4)12-28-32(7)30-23-17(5)14(2)9-20(23)11-27-31-29-24-18(6)15(3)10-21(24)25;;/h13-26,31-32H,7-12H2,1-6H3;;/i31T,32T;;.